The SMILES string of the molecule is Cc1ccc(C(F)(F)F)cc1S(=O)(=O)NC(C)C(=O)O. The second-order valence-electron chi connectivity index (χ2n) is 4.16. The van der Waals surface area contributed by atoms with Gasteiger partial charge in [-0.2, -0.15) is 17.9 Å². The van der Waals surface area contributed by atoms with Crippen molar-refractivity contribution in [3.8, 4) is 0 Å². The molecule has 0 saturated carbocycles. The summed E-state index contributed by atoms with van der Waals surface area (Å²) < 4.78 is 63.3. The van der Waals surface area contributed by atoms with Crippen molar-refractivity contribution in [2.24, 2.45) is 0 Å². The minimum Gasteiger partial charge on any atom is -0.480 e. The number of carboxylic acids is 1. The van der Waals surface area contributed by atoms with Crippen LogP contribution in [-0.4, -0.2) is 25.5 Å². The number of alkyl halides is 3. The summed E-state index contributed by atoms with van der Waals surface area (Å²) in [6.45, 7) is 2.39. The van der Waals surface area contributed by atoms with Crippen LogP contribution in [0, 0.1) is 6.92 Å². The summed E-state index contributed by atoms with van der Waals surface area (Å²) in [4.78, 5) is 10.0. The van der Waals surface area contributed by atoms with Gasteiger partial charge in [0, 0.05) is 0 Å². The number of aryl methyl sites for hydroxylation is 1. The van der Waals surface area contributed by atoms with E-state index in [1.165, 1.54) is 6.92 Å². The average Bonchev–Trinajstić information content (AvgIpc) is 2.26. The third kappa shape index (κ3) is 3.70. The Balaban J connectivity index is 3.28. The Morgan fingerprint density at radius 2 is 1.90 bits per heavy atom. The number of benzene rings is 1. The fourth-order valence-electron chi connectivity index (χ4n) is 1.41. The van der Waals surface area contributed by atoms with E-state index in [-0.39, 0.29) is 5.56 Å². The van der Waals surface area contributed by atoms with Crippen molar-refractivity contribution in [1.29, 1.82) is 0 Å². The molecule has 0 aromatic heterocycles. The maximum atomic E-state index is 12.6. The summed E-state index contributed by atoms with van der Waals surface area (Å²) in [5.41, 5.74) is -1.03. The van der Waals surface area contributed by atoms with Crippen molar-refractivity contribution >= 4 is 16.0 Å². The monoisotopic (exact) mass is 311 g/mol. The van der Waals surface area contributed by atoms with Crippen LogP contribution in [0.15, 0.2) is 23.1 Å². The summed E-state index contributed by atoms with van der Waals surface area (Å²) in [5, 5.41) is 8.64. The molecule has 0 fully saturated rings. The van der Waals surface area contributed by atoms with Crippen LogP contribution in [0.2, 0.25) is 0 Å². The highest BCUT2D eigenvalue weighted by Gasteiger charge is 2.33. The highest BCUT2D eigenvalue weighted by molar-refractivity contribution is 7.89. The minimum atomic E-state index is -4.68. The highest BCUT2D eigenvalue weighted by Crippen LogP contribution is 2.31. The molecule has 0 bridgehead atoms. The molecule has 1 aromatic carbocycles. The van der Waals surface area contributed by atoms with E-state index in [9.17, 15) is 26.4 Å². The van der Waals surface area contributed by atoms with Gasteiger partial charge < -0.3 is 5.11 Å². The smallest absolute Gasteiger partial charge is 0.416 e. The Hall–Kier alpha value is -1.61. The Kier molecular flexibility index (Phi) is 4.45. The van der Waals surface area contributed by atoms with Crippen molar-refractivity contribution in [3.05, 3.63) is 29.3 Å². The normalized spacial score (nSPS) is 14.1. The van der Waals surface area contributed by atoms with Crippen LogP contribution in [0.25, 0.3) is 0 Å². The maximum Gasteiger partial charge on any atom is 0.416 e. The van der Waals surface area contributed by atoms with Crippen LogP contribution >= 0.6 is 0 Å². The molecule has 1 atom stereocenters. The molecule has 0 aliphatic heterocycles. The summed E-state index contributed by atoms with van der Waals surface area (Å²) in [7, 11) is -4.35. The molecule has 5 nitrogen and oxygen atoms in total. The van der Waals surface area contributed by atoms with Gasteiger partial charge in [-0.1, -0.05) is 6.07 Å². The van der Waals surface area contributed by atoms with E-state index in [0.717, 1.165) is 19.1 Å². The third-order valence-corrected chi connectivity index (χ3v) is 4.19. The number of carbonyl (C=O) groups is 1. The van der Waals surface area contributed by atoms with E-state index in [0.29, 0.717) is 6.07 Å². The second kappa shape index (κ2) is 5.41. The number of sulfonamides is 1. The van der Waals surface area contributed by atoms with Crippen molar-refractivity contribution in [2.75, 3.05) is 0 Å². The molecule has 0 saturated heterocycles. The standard InChI is InChI=1S/C11H12F3NO4S/c1-6-3-4-8(11(12,13)14)5-9(6)20(18,19)15-7(2)10(16)17/h3-5,7,15H,1-2H3,(H,16,17). The number of hydrogen-bond donors (Lipinski definition) is 2. The first-order valence-electron chi connectivity index (χ1n) is 5.38. The van der Waals surface area contributed by atoms with Gasteiger partial charge in [-0.15, -0.1) is 0 Å². The lowest BCUT2D eigenvalue weighted by Crippen LogP contribution is -2.38. The zero-order chi connectivity index (χ0) is 15.7. The van der Waals surface area contributed by atoms with Gasteiger partial charge in [0.1, 0.15) is 6.04 Å². The van der Waals surface area contributed by atoms with Gasteiger partial charge in [0.05, 0.1) is 10.5 Å². The lowest BCUT2D eigenvalue weighted by atomic mass is 10.1. The molecule has 0 aliphatic rings. The number of carboxylic acid groups (broad SMARTS) is 1. The van der Waals surface area contributed by atoms with Gasteiger partial charge in [0.2, 0.25) is 10.0 Å². The fourth-order valence-corrected chi connectivity index (χ4v) is 2.88. The summed E-state index contributed by atoms with van der Waals surface area (Å²) in [5.74, 6) is -1.43. The molecule has 2 N–H and O–H groups in total. The van der Waals surface area contributed by atoms with E-state index < -0.39 is 38.7 Å². The van der Waals surface area contributed by atoms with Crippen LogP contribution in [0.3, 0.4) is 0 Å². The summed E-state index contributed by atoms with van der Waals surface area (Å²) in [6.07, 6.45) is -4.68. The van der Waals surface area contributed by atoms with Crippen molar-refractivity contribution < 1.29 is 31.5 Å². The second-order valence-corrected chi connectivity index (χ2v) is 5.84. The number of hydrogen-bond acceptors (Lipinski definition) is 3. The fraction of sp³-hybridized carbons (Fsp3) is 0.364. The van der Waals surface area contributed by atoms with E-state index in [1.807, 2.05) is 0 Å². The van der Waals surface area contributed by atoms with Crippen LogP contribution < -0.4 is 4.72 Å². The molecular formula is C11H12F3NO4S. The zero-order valence-electron chi connectivity index (χ0n) is 10.5. The molecule has 0 radical (unpaired) electrons. The molecule has 0 heterocycles. The summed E-state index contributed by atoms with van der Waals surface area (Å²) in [6, 6.07) is 0.804. The van der Waals surface area contributed by atoms with Crippen LogP contribution in [0.4, 0.5) is 13.2 Å². The lowest BCUT2D eigenvalue weighted by Gasteiger charge is -2.14. The number of rotatable bonds is 4. The van der Waals surface area contributed by atoms with E-state index >= 15 is 0 Å². The van der Waals surface area contributed by atoms with Crippen molar-refractivity contribution in [3.63, 3.8) is 0 Å². The first kappa shape index (κ1) is 16.4. The Labute approximate surface area is 113 Å². The third-order valence-electron chi connectivity index (χ3n) is 2.51. The van der Waals surface area contributed by atoms with Gasteiger partial charge in [-0.25, -0.2) is 8.42 Å². The molecule has 1 unspecified atom stereocenters. The first-order chi connectivity index (χ1) is 8.95. The Morgan fingerprint density at radius 1 is 1.35 bits per heavy atom. The zero-order valence-corrected chi connectivity index (χ0v) is 11.3. The van der Waals surface area contributed by atoms with Gasteiger partial charge in [0.15, 0.2) is 0 Å². The summed E-state index contributed by atoms with van der Waals surface area (Å²) >= 11 is 0. The molecule has 0 aliphatic carbocycles. The predicted octanol–water partition coefficient (Wildman–Crippen LogP) is 1.77. The van der Waals surface area contributed by atoms with E-state index in [2.05, 4.69) is 0 Å². The lowest BCUT2D eigenvalue weighted by molar-refractivity contribution is -0.139. The molecule has 1 rings (SSSR count). The molecule has 20 heavy (non-hydrogen) atoms. The maximum absolute atomic E-state index is 12.6. The number of halogens is 3. The largest absolute Gasteiger partial charge is 0.480 e. The quantitative estimate of drug-likeness (QED) is 0.887. The van der Waals surface area contributed by atoms with Crippen LogP contribution in [0.5, 0.6) is 0 Å². The van der Waals surface area contributed by atoms with Crippen LogP contribution in [0.1, 0.15) is 18.1 Å². The molecule has 112 valence electrons. The molecule has 9 heteroatoms. The average molecular weight is 311 g/mol. The molecular weight excluding hydrogens is 299 g/mol. The van der Waals surface area contributed by atoms with Gasteiger partial charge in [0.25, 0.3) is 0 Å². The topological polar surface area (TPSA) is 83.5 Å². The highest BCUT2D eigenvalue weighted by atomic mass is 32.2. The van der Waals surface area contributed by atoms with Gasteiger partial charge in [-0.3, -0.25) is 4.79 Å². The van der Waals surface area contributed by atoms with Gasteiger partial charge >= 0.3 is 12.1 Å². The van der Waals surface area contributed by atoms with Crippen LogP contribution in [-0.2, 0) is 21.0 Å². The Morgan fingerprint density at radius 3 is 2.35 bits per heavy atom. The number of nitrogens with one attached hydrogen (secondary N) is 1. The predicted molar refractivity (Wildman–Crippen MR) is 63.6 cm³/mol. The van der Waals surface area contributed by atoms with Crippen molar-refractivity contribution in [2.45, 2.75) is 31.0 Å². The first-order valence-corrected chi connectivity index (χ1v) is 6.86. The van der Waals surface area contributed by atoms with Crippen molar-refractivity contribution in [1.82, 2.24) is 4.72 Å². The molecule has 1 aromatic rings. The van der Waals surface area contributed by atoms with Gasteiger partial charge in [-0.05, 0) is 31.5 Å². The molecule has 0 amide bonds. The molecule has 0 spiro atoms. The van der Waals surface area contributed by atoms with E-state index in [4.69, 9.17) is 5.11 Å². The number of aliphatic carboxylic acids is 1. The minimum absolute atomic E-state index is 0.0862. The van der Waals surface area contributed by atoms with E-state index in [1.54, 1.807) is 4.72 Å². The Bertz CT molecular complexity index is 625.